The fourth-order valence-corrected chi connectivity index (χ4v) is 6.87. The number of hydrogen-bond acceptors (Lipinski definition) is 4. The molecule has 0 spiro atoms. The molecule has 1 amide bonds. The molecule has 2 saturated heterocycles. The van der Waals surface area contributed by atoms with Crippen molar-refractivity contribution >= 4 is 28.3 Å². The van der Waals surface area contributed by atoms with Crippen LogP contribution in [0, 0.1) is 0 Å². The SMILES string of the molecule is CCC(NC(=O)c1c(CN2CCN3CCCC[C@H]3C2)n(-c2ccccc2)c(=O)c2c(Cl)cccc12)c1ccccc1. The van der Waals surface area contributed by atoms with Gasteiger partial charge in [-0.25, -0.2) is 0 Å². The topological polar surface area (TPSA) is 57.6 Å². The number of para-hydroxylation sites is 1. The van der Waals surface area contributed by atoms with Gasteiger partial charge in [-0.2, -0.15) is 0 Å². The zero-order valence-corrected chi connectivity index (χ0v) is 24.3. The summed E-state index contributed by atoms with van der Waals surface area (Å²) in [6.07, 6.45) is 4.45. The molecule has 1 unspecified atom stereocenters. The number of amides is 1. The number of halogens is 1. The first-order valence-corrected chi connectivity index (χ1v) is 15.2. The Balaban J connectivity index is 1.51. The molecule has 212 valence electrons. The van der Waals surface area contributed by atoms with Gasteiger partial charge in [0, 0.05) is 43.3 Å². The van der Waals surface area contributed by atoms with E-state index in [9.17, 15) is 9.59 Å². The van der Waals surface area contributed by atoms with E-state index in [-0.39, 0.29) is 17.5 Å². The molecule has 2 aliphatic rings. The number of benzene rings is 3. The van der Waals surface area contributed by atoms with Crippen molar-refractivity contribution < 1.29 is 4.79 Å². The highest BCUT2D eigenvalue weighted by Gasteiger charge is 2.32. The lowest BCUT2D eigenvalue weighted by atomic mass is 9.97. The molecule has 0 saturated carbocycles. The van der Waals surface area contributed by atoms with Crippen LogP contribution in [0.1, 0.15) is 60.3 Å². The fraction of sp³-hybridized carbons (Fsp3) is 0.353. The van der Waals surface area contributed by atoms with Crippen LogP contribution in [0.2, 0.25) is 5.02 Å². The van der Waals surface area contributed by atoms with Crippen molar-refractivity contribution in [2.24, 2.45) is 0 Å². The first-order valence-electron chi connectivity index (χ1n) is 14.8. The summed E-state index contributed by atoms with van der Waals surface area (Å²) in [5, 5.41) is 4.63. The van der Waals surface area contributed by atoms with Crippen molar-refractivity contribution in [3.8, 4) is 5.69 Å². The van der Waals surface area contributed by atoms with E-state index in [0.29, 0.717) is 39.6 Å². The van der Waals surface area contributed by atoms with Gasteiger partial charge in [-0.15, -0.1) is 0 Å². The van der Waals surface area contributed by atoms with Gasteiger partial charge in [-0.1, -0.05) is 85.6 Å². The highest BCUT2D eigenvalue weighted by molar-refractivity contribution is 6.36. The summed E-state index contributed by atoms with van der Waals surface area (Å²) >= 11 is 6.69. The van der Waals surface area contributed by atoms with E-state index in [0.717, 1.165) is 43.9 Å². The lowest BCUT2D eigenvalue weighted by Crippen LogP contribution is -2.54. The number of carbonyl (C=O) groups excluding carboxylic acids is 1. The summed E-state index contributed by atoms with van der Waals surface area (Å²) < 4.78 is 1.72. The minimum absolute atomic E-state index is 0.159. The predicted molar refractivity (Wildman–Crippen MR) is 166 cm³/mol. The Morgan fingerprint density at radius 2 is 1.71 bits per heavy atom. The lowest BCUT2D eigenvalue weighted by Gasteiger charge is -2.44. The minimum Gasteiger partial charge on any atom is -0.345 e. The number of rotatable bonds is 7. The van der Waals surface area contributed by atoms with E-state index < -0.39 is 0 Å². The van der Waals surface area contributed by atoms with Gasteiger partial charge in [0.1, 0.15) is 0 Å². The number of carbonyl (C=O) groups is 1. The van der Waals surface area contributed by atoms with Crippen LogP contribution in [0.15, 0.2) is 83.7 Å². The number of fused-ring (bicyclic) bond motifs is 2. The molecule has 0 aliphatic carbocycles. The average Bonchev–Trinajstić information content (AvgIpc) is 3.00. The number of nitrogens with zero attached hydrogens (tertiary/aromatic N) is 3. The van der Waals surface area contributed by atoms with E-state index in [4.69, 9.17) is 11.6 Å². The molecule has 6 rings (SSSR count). The van der Waals surface area contributed by atoms with Gasteiger partial charge in [0.05, 0.1) is 27.7 Å². The lowest BCUT2D eigenvalue weighted by molar-refractivity contribution is 0.0446. The van der Waals surface area contributed by atoms with Gasteiger partial charge in [0.15, 0.2) is 0 Å². The van der Waals surface area contributed by atoms with Crippen LogP contribution in [0.25, 0.3) is 16.5 Å². The third kappa shape index (κ3) is 5.56. The first-order chi connectivity index (χ1) is 20.0. The van der Waals surface area contributed by atoms with Crippen molar-refractivity contribution in [2.75, 3.05) is 26.2 Å². The van der Waals surface area contributed by atoms with Gasteiger partial charge >= 0.3 is 0 Å². The quantitative estimate of drug-likeness (QED) is 0.289. The zero-order valence-electron chi connectivity index (χ0n) is 23.6. The van der Waals surface area contributed by atoms with Gasteiger partial charge in [-0.3, -0.25) is 24.0 Å². The van der Waals surface area contributed by atoms with Crippen molar-refractivity contribution in [3.05, 3.63) is 111 Å². The summed E-state index contributed by atoms with van der Waals surface area (Å²) in [5.41, 5.74) is 2.81. The third-order valence-corrected chi connectivity index (χ3v) is 9.03. The average molecular weight is 569 g/mol. The second-order valence-corrected chi connectivity index (χ2v) is 11.6. The fourth-order valence-electron chi connectivity index (χ4n) is 6.62. The summed E-state index contributed by atoms with van der Waals surface area (Å²) in [6, 6.07) is 25.4. The van der Waals surface area contributed by atoms with E-state index in [2.05, 4.69) is 22.0 Å². The van der Waals surface area contributed by atoms with Crippen LogP contribution in [-0.2, 0) is 6.54 Å². The molecule has 1 aromatic heterocycles. The molecule has 2 fully saturated rings. The number of piperazine rings is 1. The summed E-state index contributed by atoms with van der Waals surface area (Å²) in [5.74, 6) is -0.191. The minimum atomic E-state index is -0.199. The summed E-state index contributed by atoms with van der Waals surface area (Å²) in [6.45, 7) is 6.57. The van der Waals surface area contributed by atoms with Crippen LogP contribution in [0.3, 0.4) is 0 Å². The van der Waals surface area contributed by atoms with Gasteiger partial charge in [0.25, 0.3) is 11.5 Å². The van der Waals surface area contributed by atoms with E-state index in [1.807, 2.05) is 72.8 Å². The maximum atomic E-state index is 14.4. The number of aromatic nitrogens is 1. The van der Waals surface area contributed by atoms with Crippen LogP contribution < -0.4 is 10.9 Å². The van der Waals surface area contributed by atoms with Crippen LogP contribution in [-0.4, -0.2) is 52.5 Å². The van der Waals surface area contributed by atoms with Crippen LogP contribution in [0.4, 0.5) is 0 Å². The number of nitrogens with one attached hydrogen (secondary N) is 1. The standard InChI is InChI=1S/C34H37ClN4O2/c1-2-29(24-12-5-3-6-13-24)36-33(40)32-27-17-11-18-28(35)31(27)34(41)39(25-14-7-4-8-15-25)30(32)23-37-20-21-38-19-10-9-16-26(38)22-37/h3-8,11-15,17-18,26,29H,2,9-10,16,19-23H2,1H3,(H,36,40)/t26-,29?/m0/s1. The van der Waals surface area contributed by atoms with E-state index >= 15 is 0 Å². The maximum Gasteiger partial charge on any atom is 0.264 e. The van der Waals surface area contributed by atoms with Crippen molar-refractivity contribution in [2.45, 2.75) is 51.2 Å². The second kappa shape index (κ2) is 12.2. The van der Waals surface area contributed by atoms with Crippen molar-refractivity contribution in [3.63, 3.8) is 0 Å². The Labute approximate surface area is 246 Å². The Morgan fingerprint density at radius 1 is 0.951 bits per heavy atom. The molecule has 41 heavy (non-hydrogen) atoms. The largest absolute Gasteiger partial charge is 0.345 e. The molecule has 0 bridgehead atoms. The van der Waals surface area contributed by atoms with Crippen LogP contribution >= 0.6 is 11.6 Å². The maximum absolute atomic E-state index is 14.4. The van der Waals surface area contributed by atoms with Crippen LogP contribution in [0.5, 0.6) is 0 Å². The van der Waals surface area contributed by atoms with E-state index in [1.165, 1.54) is 19.3 Å². The Morgan fingerprint density at radius 3 is 2.46 bits per heavy atom. The van der Waals surface area contributed by atoms with Crippen molar-refractivity contribution in [1.29, 1.82) is 0 Å². The normalized spacial score (nSPS) is 18.6. The number of piperidine rings is 1. The van der Waals surface area contributed by atoms with Crippen molar-refractivity contribution in [1.82, 2.24) is 19.7 Å². The molecular weight excluding hydrogens is 532 g/mol. The first kappa shape index (κ1) is 27.7. The summed E-state index contributed by atoms with van der Waals surface area (Å²) in [7, 11) is 0. The molecule has 6 nitrogen and oxygen atoms in total. The smallest absolute Gasteiger partial charge is 0.264 e. The molecule has 3 heterocycles. The van der Waals surface area contributed by atoms with Gasteiger partial charge in [0.2, 0.25) is 0 Å². The summed E-state index contributed by atoms with van der Waals surface area (Å²) in [4.78, 5) is 33.7. The third-order valence-electron chi connectivity index (χ3n) is 8.71. The molecular formula is C34H37ClN4O2. The second-order valence-electron chi connectivity index (χ2n) is 11.2. The molecule has 1 N–H and O–H groups in total. The van der Waals surface area contributed by atoms with Gasteiger partial charge in [-0.05, 0) is 49.6 Å². The molecule has 2 aliphatic heterocycles. The molecule has 3 aromatic carbocycles. The van der Waals surface area contributed by atoms with E-state index in [1.54, 1.807) is 10.6 Å². The zero-order chi connectivity index (χ0) is 28.3. The Bertz CT molecular complexity index is 1590. The Kier molecular flexibility index (Phi) is 8.24. The monoisotopic (exact) mass is 568 g/mol. The molecule has 7 heteroatoms. The number of hydrogen-bond donors (Lipinski definition) is 1. The predicted octanol–water partition coefficient (Wildman–Crippen LogP) is 6.20. The Hall–Kier alpha value is -3.45. The highest BCUT2D eigenvalue weighted by atomic mass is 35.5. The molecule has 0 radical (unpaired) electrons. The highest BCUT2D eigenvalue weighted by Crippen LogP contribution is 2.30. The molecule has 4 aromatic rings. The van der Waals surface area contributed by atoms with Gasteiger partial charge < -0.3 is 5.32 Å². The number of pyridine rings is 1. The molecule has 2 atom stereocenters.